The van der Waals surface area contributed by atoms with Crippen LogP contribution in [-0.4, -0.2) is 76.1 Å². The third kappa shape index (κ3) is 3.95. The summed E-state index contributed by atoms with van der Waals surface area (Å²) in [5.41, 5.74) is 1.42. The van der Waals surface area contributed by atoms with Crippen LogP contribution in [0.2, 0.25) is 0 Å². The number of ketones is 1. The molecule has 2 aliphatic heterocycles. The normalized spacial score (nSPS) is 22.0. The van der Waals surface area contributed by atoms with Gasteiger partial charge >= 0.3 is 0 Å². The van der Waals surface area contributed by atoms with Crippen LogP contribution in [0.4, 0.5) is 0 Å². The summed E-state index contributed by atoms with van der Waals surface area (Å²) in [7, 11) is 1.63. The van der Waals surface area contributed by atoms with Crippen molar-refractivity contribution >= 4 is 17.6 Å². The van der Waals surface area contributed by atoms with Crippen LogP contribution in [0.15, 0.2) is 0 Å². The first kappa shape index (κ1) is 21.5. The van der Waals surface area contributed by atoms with Crippen molar-refractivity contribution in [3.63, 3.8) is 0 Å². The topological polar surface area (TPSA) is 84.7 Å². The molecule has 1 atom stereocenters. The van der Waals surface area contributed by atoms with Crippen molar-refractivity contribution in [3.05, 3.63) is 17.0 Å². The fourth-order valence-corrected chi connectivity index (χ4v) is 4.96. The summed E-state index contributed by atoms with van der Waals surface area (Å²) in [6.45, 7) is 8.04. The summed E-state index contributed by atoms with van der Waals surface area (Å²) in [6, 6.07) is 0. The highest BCUT2D eigenvalue weighted by Gasteiger charge is 2.52. The second-order valence-electron chi connectivity index (χ2n) is 8.14. The van der Waals surface area contributed by atoms with Gasteiger partial charge in [0.15, 0.2) is 5.78 Å². The number of aromatic nitrogens is 2. The predicted octanol–water partition coefficient (Wildman–Crippen LogP) is 1.72. The number of ether oxygens (including phenoxy) is 1. The Morgan fingerprint density at radius 1 is 1.14 bits per heavy atom. The zero-order valence-electron chi connectivity index (χ0n) is 18.0. The van der Waals surface area contributed by atoms with Crippen LogP contribution in [0.1, 0.15) is 60.8 Å². The number of carbonyl (C=O) groups excluding carboxylic acids is 3. The molecule has 1 aromatic heterocycles. The zero-order chi connectivity index (χ0) is 21.2. The number of methoxy groups -OCH3 is 1. The van der Waals surface area contributed by atoms with Gasteiger partial charge in [-0.3, -0.25) is 19.1 Å². The minimum absolute atomic E-state index is 0.0126. The summed E-state index contributed by atoms with van der Waals surface area (Å²) < 4.78 is 6.87. The van der Waals surface area contributed by atoms with E-state index >= 15 is 0 Å². The molecule has 3 heterocycles. The molecule has 1 spiro atoms. The van der Waals surface area contributed by atoms with Gasteiger partial charge in [-0.15, -0.1) is 0 Å². The van der Waals surface area contributed by atoms with Crippen LogP contribution >= 0.6 is 0 Å². The molecule has 8 nitrogen and oxygen atoms in total. The molecule has 2 fully saturated rings. The lowest BCUT2D eigenvalue weighted by atomic mass is 9.85. The lowest BCUT2D eigenvalue weighted by Crippen LogP contribution is -2.61. The molecule has 8 heteroatoms. The molecule has 1 unspecified atom stereocenters. The van der Waals surface area contributed by atoms with E-state index in [-0.39, 0.29) is 24.0 Å². The first-order valence-corrected chi connectivity index (χ1v) is 10.5. The van der Waals surface area contributed by atoms with Gasteiger partial charge < -0.3 is 14.5 Å². The van der Waals surface area contributed by atoms with Crippen molar-refractivity contribution in [1.29, 1.82) is 0 Å². The summed E-state index contributed by atoms with van der Waals surface area (Å²) >= 11 is 0. The summed E-state index contributed by atoms with van der Waals surface area (Å²) in [6.07, 6.45) is 3.49. The first-order chi connectivity index (χ1) is 13.8. The minimum Gasteiger partial charge on any atom is -0.383 e. The predicted molar refractivity (Wildman–Crippen MR) is 108 cm³/mol. The van der Waals surface area contributed by atoms with Crippen molar-refractivity contribution in [3.8, 4) is 0 Å². The molecule has 0 aromatic carbocycles. The average molecular weight is 405 g/mol. The number of carbonyl (C=O) groups is 3. The van der Waals surface area contributed by atoms with Gasteiger partial charge in [-0.1, -0.05) is 0 Å². The van der Waals surface area contributed by atoms with E-state index in [0.29, 0.717) is 37.5 Å². The number of piperidine rings is 1. The number of amides is 2. The summed E-state index contributed by atoms with van der Waals surface area (Å²) in [5.74, 6) is 0.0398. The highest BCUT2D eigenvalue weighted by Crippen LogP contribution is 2.38. The minimum atomic E-state index is -0.692. The van der Waals surface area contributed by atoms with Crippen LogP contribution in [0.3, 0.4) is 0 Å². The van der Waals surface area contributed by atoms with Gasteiger partial charge in [-0.25, -0.2) is 0 Å². The first-order valence-electron chi connectivity index (χ1n) is 10.5. The van der Waals surface area contributed by atoms with Gasteiger partial charge in [-0.2, -0.15) is 5.10 Å². The molecule has 3 rings (SSSR count). The SMILES string of the molecule is COCCN1CCCC2(CCCN2C(=O)CCn2nc(C)c(C(C)=O)c2C)C1=O. The zero-order valence-corrected chi connectivity index (χ0v) is 18.0. The quantitative estimate of drug-likeness (QED) is 0.646. The number of rotatable bonds is 7. The Balaban J connectivity index is 1.71. The Hall–Kier alpha value is -2.22. The smallest absolute Gasteiger partial charge is 0.248 e. The van der Waals surface area contributed by atoms with E-state index in [0.717, 1.165) is 37.9 Å². The molecule has 2 aliphatic rings. The Morgan fingerprint density at radius 2 is 1.83 bits per heavy atom. The highest BCUT2D eigenvalue weighted by atomic mass is 16.5. The van der Waals surface area contributed by atoms with Crippen LogP contribution < -0.4 is 0 Å². The number of Topliss-reactive ketones (excluding diaryl/α,β-unsaturated/α-hetero) is 1. The van der Waals surface area contributed by atoms with Crippen molar-refractivity contribution in [1.82, 2.24) is 19.6 Å². The van der Waals surface area contributed by atoms with E-state index in [1.165, 1.54) is 6.92 Å². The maximum Gasteiger partial charge on any atom is 0.248 e. The molecule has 160 valence electrons. The molecule has 29 heavy (non-hydrogen) atoms. The molecular weight excluding hydrogens is 372 g/mol. The van der Waals surface area contributed by atoms with Crippen molar-refractivity contribution < 1.29 is 19.1 Å². The largest absolute Gasteiger partial charge is 0.383 e. The Bertz CT molecular complexity index is 803. The Morgan fingerprint density at radius 3 is 2.45 bits per heavy atom. The van der Waals surface area contributed by atoms with Crippen LogP contribution in [0.25, 0.3) is 0 Å². The number of aryl methyl sites for hydroxylation is 2. The van der Waals surface area contributed by atoms with E-state index in [4.69, 9.17) is 4.74 Å². The number of nitrogens with zero attached hydrogens (tertiary/aromatic N) is 4. The lowest BCUT2D eigenvalue weighted by Gasteiger charge is -2.44. The third-order valence-electron chi connectivity index (χ3n) is 6.33. The van der Waals surface area contributed by atoms with Gasteiger partial charge in [0.1, 0.15) is 5.54 Å². The average Bonchev–Trinajstić information content (AvgIpc) is 3.22. The number of likely N-dealkylation sites (tertiary alicyclic amines) is 2. The fraction of sp³-hybridized carbons (Fsp3) is 0.714. The monoisotopic (exact) mass is 404 g/mol. The summed E-state index contributed by atoms with van der Waals surface area (Å²) in [5, 5.41) is 4.43. The molecular formula is C21H32N4O4. The fourth-order valence-electron chi connectivity index (χ4n) is 4.96. The maximum absolute atomic E-state index is 13.2. The van der Waals surface area contributed by atoms with Gasteiger partial charge in [0.05, 0.1) is 17.9 Å². The molecule has 0 radical (unpaired) electrons. The van der Waals surface area contributed by atoms with Gasteiger partial charge in [0.2, 0.25) is 11.8 Å². The van der Waals surface area contributed by atoms with E-state index in [9.17, 15) is 14.4 Å². The number of hydrogen-bond acceptors (Lipinski definition) is 5. The van der Waals surface area contributed by atoms with E-state index < -0.39 is 5.54 Å². The van der Waals surface area contributed by atoms with E-state index in [1.807, 2.05) is 23.6 Å². The molecule has 0 bridgehead atoms. The molecule has 2 amide bonds. The Kier molecular flexibility index (Phi) is 6.41. The lowest BCUT2D eigenvalue weighted by molar-refractivity contribution is -0.156. The summed E-state index contributed by atoms with van der Waals surface area (Å²) in [4.78, 5) is 41.8. The Labute approximate surface area is 172 Å². The highest BCUT2D eigenvalue weighted by molar-refractivity contribution is 5.96. The van der Waals surface area contributed by atoms with Crippen LogP contribution in [0, 0.1) is 13.8 Å². The van der Waals surface area contributed by atoms with Crippen LogP contribution in [0.5, 0.6) is 0 Å². The molecule has 2 saturated heterocycles. The second kappa shape index (κ2) is 8.65. The van der Waals surface area contributed by atoms with E-state index in [1.54, 1.807) is 11.8 Å². The van der Waals surface area contributed by atoms with E-state index in [2.05, 4.69) is 5.10 Å². The van der Waals surface area contributed by atoms with Gasteiger partial charge in [0, 0.05) is 45.4 Å². The molecule has 1 aromatic rings. The van der Waals surface area contributed by atoms with Gasteiger partial charge in [0.25, 0.3) is 0 Å². The van der Waals surface area contributed by atoms with Crippen LogP contribution in [-0.2, 0) is 20.9 Å². The van der Waals surface area contributed by atoms with Gasteiger partial charge in [-0.05, 0) is 46.5 Å². The van der Waals surface area contributed by atoms with Crippen molar-refractivity contribution in [2.24, 2.45) is 0 Å². The van der Waals surface area contributed by atoms with Crippen molar-refractivity contribution in [2.45, 2.75) is 65.0 Å². The molecule has 0 N–H and O–H groups in total. The number of hydrogen-bond donors (Lipinski definition) is 0. The standard InChI is InChI=1S/C21H32N4O4/c1-15-19(17(3)26)16(2)25(22-15)12-7-18(27)24-11-6-9-21(24)8-5-10-23(20(21)28)13-14-29-4/h5-14H2,1-4H3. The molecule has 0 aliphatic carbocycles. The molecule has 0 saturated carbocycles. The maximum atomic E-state index is 13.2. The third-order valence-corrected chi connectivity index (χ3v) is 6.33. The van der Waals surface area contributed by atoms with Crippen molar-refractivity contribution in [2.75, 3.05) is 33.4 Å². The second-order valence-corrected chi connectivity index (χ2v) is 8.14.